The van der Waals surface area contributed by atoms with Gasteiger partial charge in [0.1, 0.15) is 17.9 Å². The number of allylic oxidation sites excluding steroid dienone is 3. The molecule has 1 amide bonds. The second-order valence-electron chi connectivity index (χ2n) is 5.52. The van der Waals surface area contributed by atoms with Crippen molar-refractivity contribution in [2.24, 2.45) is 0 Å². The van der Waals surface area contributed by atoms with Crippen LogP contribution in [-0.2, 0) is 14.3 Å². The summed E-state index contributed by atoms with van der Waals surface area (Å²) in [5.74, 6) is 0. The van der Waals surface area contributed by atoms with Crippen molar-refractivity contribution in [1.82, 2.24) is 5.32 Å². The lowest BCUT2D eigenvalue weighted by Gasteiger charge is -2.21. The molecule has 0 saturated heterocycles. The molecular formula is C16H27NO4. The van der Waals surface area contributed by atoms with E-state index in [1.807, 2.05) is 18.2 Å². The number of rotatable bonds is 9. The third kappa shape index (κ3) is 13.1. The Morgan fingerprint density at radius 3 is 2.48 bits per heavy atom. The fourth-order valence-electron chi connectivity index (χ4n) is 1.33. The monoisotopic (exact) mass is 297 g/mol. The van der Waals surface area contributed by atoms with Gasteiger partial charge in [0, 0.05) is 0 Å². The van der Waals surface area contributed by atoms with Crippen molar-refractivity contribution >= 4 is 12.4 Å². The van der Waals surface area contributed by atoms with Crippen LogP contribution in [0.3, 0.4) is 0 Å². The van der Waals surface area contributed by atoms with Crippen molar-refractivity contribution in [2.75, 3.05) is 13.2 Å². The molecule has 0 aromatic heterocycles. The maximum atomic E-state index is 11.5. The van der Waals surface area contributed by atoms with Crippen molar-refractivity contribution in [3.8, 4) is 0 Å². The summed E-state index contributed by atoms with van der Waals surface area (Å²) in [6, 6.07) is -0.691. The first-order valence-corrected chi connectivity index (χ1v) is 7.23. The SMILES string of the molecule is CC/C=C\C=C/CCOC[C@H](C=O)NC(=O)OC(C)(C)C. The van der Waals surface area contributed by atoms with Crippen LogP contribution >= 0.6 is 0 Å². The number of ether oxygens (including phenoxy) is 2. The highest BCUT2D eigenvalue weighted by molar-refractivity contribution is 5.73. The molecule has 21 heavy (non-hydrogen) atoms. The number of nitrogens with one attached hydrogen (secondary N) is 1. The molecule has 0 radical (unpaired) electrons. The number of aldehydes is 1. The fraction of sp³-hybridized carbons (Fsp3) is 0.625. The molecule has 0 spiro atoms. The molecule has 0 unspecified atom stereocenters. The lowest BCUT2D eigenvalue weighted by Crippen LogP contribution is -2.42. The van der Waals surface area contributed by atoms with Crippen molar-refractivity contribution in [3.63, 3.8) is 0 Å². The number of carbonyl (C=O) groups is 2. The average molecular weight is 297 g/mol. The zero-order valence-electron chi connectivity index (χ0n) is 13.4. The number of alkyl carbamates (subject to hydrolysis) is 1. The molecule has 0 aliphatic rings. The highest BCUT2D eigenvalue weighted by atomic mass is 16.6. The van der Waals surface area contributed by atoms with Gasteiger partial charge in [0.25, 0.3) is 0 Å². The second kappa shape index (κ2) is 11.1. The van der Waals surface area contributed by atoms with Crippen molar-refractivity contribution in [3.05, 3.63) is 24.3 Å². The molecular weight excluding hydrogens is 270 g/mol. The first-order valence-electron chi connectivity index (χ1n) is 7.23. The predicted octanol–water partition coefficient (Wildman–Crippen LogP) is 3.01. The predicted molar refractivity (Wildman–Crippen MR) is 83.2 cm³/mol. The van der Waals surface area contributed by atoms with Crippen molar-refractivity contribution in [2.45, 2.75) is 52.2 Å². The maximum Gasteiger partial charge on any atom is 0.408 e. The van der Waals surface area contributed by atoms with Crippen LogP contribution in [0.2, 0.25) is 0 Å². The quantitative estimate of drug-likeness (QED) is 0.403. The second-order valence-corrected chi connectivity index (χ2v) is 5.52. The van der Waals surface area contributed by atoms with E-state index in [9.17, 15) is 9.59 Å². The molecule has 5 heteroatoms. The molecule has 0 aliphatic carbocycles. The van der Waals surface area contributed by atoms with Crippen LogP contribution in [0.5, 0.6) is 0 Å². The number of carbonyl (C=O) groups excluding carboxylic acids is 2. The van der Waals surface area contributed by atoms with Gasteiger partial charge in [-0.25, -0.2) is 4.79 Å². The third-order valence-corrected chi connectivity index (χ3v) is 2.21. The molecule has 0 heterocycles. The van der Waals surface area contributed by atoms with E-state index in [0.29, 0.717) is 12.9 Å². The topological polar surface area (TPSA) is 64.6 Å². The Balaban J connectivity index is 3.85. The highest BCUT2D eigenvalue weighted by Crippen LogP contribution is 2.06. The summed E-state index contributed by atoms with van der Waals surface area (Å²) in [7, 11) is 0. The molecule has 0 aromatic rings. The largest absolute Gasteiger partial charge is 0.444 e. The van der Waals surface area contributed by atoms with Gasteiger partial charge in [0.15, 0.2) is 0 Å². The lowest BCUT2D eigenvalue weighted by molar-refractivity contribution is -0.111. The first kappa shape index (κ1) is 19.4. The molecule has 0 aromatic carbocycles. The van der Waals surface area contributed by atoms with Crippen LogP contribution in [0.25, 0.3) is 0 Å². The molecule has 0 aliphatic heterocycles. The van der Waals surface area contributed by atoms with E-state index in [-0.39, 0.29) is 6.61 Å². The van der Waals surface area contributed by atoms with E-state index in [1.54, 1.807) is 20.8 Å². The summed E-state index contributed by atoms with van der Waals surface area (Å²) in [5.41, 5.74) is -0.588. The van der Waals surface area contributed by atoms with E-state index in [0.717, 1.165) is 12.8 Å². The molecule has 0 rings (SSSR count). The van der Waals surface area contributed by atoms with Gasteiger partial charge in [-0.05, 0) is 33.6 Å². The van der Waals surface area contributed by atoms with Gasteiger partial charge in [-0.15, -0.1) is 0 Å². The molecule has 5 nitrogen and oxygen atoms in total. The fourth-order valence-corrected chi connectivity index (χ4v) is 1.33. The van der Waals surface area contributed by atoms with Crippen LogP contribution in [0.1, 0.15) is 40.5 Å². The summed E-state index contributed by atoms with van der Waals surface area (Å²) in [6.07, 6.45) is 9.79. The number of amides is 1. The zero-order chi connectivity index (χ0) is 16.1. The van der Waals surface area contributed by atoms with E-state index < -0.39 is 17.7 Å². The first-order chi connectivity index (χ1) is 9.89. The Bertz CT molecular complexity index is 356. The minimum absolute atomic E-state index is 0.140. The Kier molecular flexibility index (Phi) is 10.2. The minimum atomic E-state index is -0.691. The minimum Gasteiger partial charge on any atom is -0.444 e. The van der Waals surface area contributed by atoms with Gasteiger partial charge in [-0.2, -0.15) is 0 Å². The van der Waals surface area contributed by atoms with Crippen molar-refractivity contribution < 1.29 is 19.1 Å². The number of hydrogen-bond acceptors (Lipinski definition) is 4. The molecule has 0 saturated carbocycles. The van der Waals surface area contributed by atoms with Crippen LogP contribution in [0.4, 0.5) is 4.79 Å². The maximum absolute atomic E-state index is 11.5. The van der Waals surface area contributed by atoms with Crippen LogP contribution < -0.4 is 5.32 Å². The van der Waals surface area contributed by atoms with Gasteiger partial charge in [0.2, 0.25) is 0 Å². The van der Waals surface area contributed by atoms with Crippen LogP contribution in [0.15, 0.2) is 24.3 Å². The number of hydrogen-bond donors (Lipinski definition) is 1. The highest BCUT2D eigenvalue weighted by Gasteiger charge is 2.19. The summed E-state index contributed by atoms with van der Waals surface area (Å²) >= 11 is 0. The molecule has 1 atom stereocenters. The normalized spacial score (nSPS) is 13.5. The van der Waals surface area contributed by atoms with E-state index in [4.69, 9.17) is 9.47 Å². The van der Waals surface area contributed by atoms with Crippen LogP contribution in [-0.4, -0.2) is 37.2 Å². The van der Waals surface area contributed by atoms with E-state index in [1.165, 1.54) is 0 Å². The average Bonchev–Trinajstić information content (AvgIpc) is 2.38. The van der Waals surface area contributed by atoms with Gasteiger partial charge in [-0.1, -0.05) is 31.2 Å². The standard InChI is InChI=1S/C16H27NO4/c1-5-6-7-8-9-10-11-20-13-14(12-18)17-15(19)21-16(2,3)4/h6-9,12,14H,5,10-11,13H2,1-4H3,(H,17,19)/b7-6-,9-8-/t14-/m0/s1. The van der Waals surface area contributed by atoms with Gasteiger partial charge in [0.05, 0.1) is 13.2 Å². The Labute approximate surface area is 127 Å². The molecule has 0 bridgehead atoms. The third-order valence-electron chi connectivity index (χ3n) is 2.21. The summed E-state index contributed by atoms with van der Waals surface area (Å²) in [6.45, 7) is 8.00. The summed E-state index contributed by atoms with van der Waals surface area (Å²) < 4.78 is 10.4. The smallest absolute Gasteiger partial charge is 0.408 e. The Hall–Kier alpha value is -1.62. The van der Waals surface area contributed by atoms with Gasteiger partial charge >= 0.3 is 6.09 Å². The Morgan fingerprint density at radius 2 is 1.90 bits per heavy atom. The molecule has 120 valence electrons. The summed E-state index contributed by atoms with van der Waals surface area (Å²) in [5, 5.41) is 2.46. The van der Waals surface area contributed by atoms with E-state index >= 15 is 0 Å². The summed E-state index contributed by atoms with van der Waals surface area (Å²) in [4.78, 5) is 22.4. The Morgan fingerprint density at radius 1 is 1.24 bits per heavy atom. The van der Waals surface area contributed by atoms with Gasteiger partial charge < -0.3 is 19.6 Å². The molecule has 1 N–H and O–H groups in total. The molecule has 0 fully saturated rings. The lowest BCUT2D eigenvalue weighted by atomic mass is 10.2. The van der Waals surface area contributed by atoms with Crippen LogP contribution in [0, 0.1) is 0 Å². The van der Waals surface area contributed by atoms with Gasteiger partial charge in [-0.3, -0.25) is 0 Å². The van der Waals surface area contributed by atoms with E-state index in [2.05, 4.69) is 18.3 Å². The van der Waals surface area contributed by atoms with Crippen molar-refractivity contribution in [1.29, 1.82) is 0 Å². The zero-order valence-corrected chi connectivity index (χ0v) is 13.4.